The monoisotopic (exact) mass is 368 g/mol. The van der Waals surface area contributed by atoms with Crippen LogP contribution in [0, 0.1) is 17.8 Å². The maximum Gasteiger partial charge on any atom is 0.313 e. The second-order valence-electron chi connectivity index (χ2n) is 4.36. The molecule has 0 spiro atoms. The molecule has 0 radical (unpaired) electrons. The van der Waals surface area contributed by atoms with Gasteiger partial charge in [-0.1, -0.05) is 22.6 Å². The molecule has 0 aromatic rings. The van der Waals surface area contributed by atoms with Gasteiger partial charge in [-0.25, -0.2) is 0 Å². The molecule has 1 saturated carbocycles. The van der Waals surface area contributed by atoms with Gasteiger partial charge in [0.05, 0.1) is 26.1 Å². The van der Waals surface area contributed by atoms with E-state index in [0.717, 1.165) is 0 Å². The molecule has 0 aromatic carbocycles. The van der Waals surface area contributed by atoms with Crippen LogP contribution in [-0.4, -0.2) is 42.2 Å². The molecule has 0 aromatic heterocycles. The number of carbonyl (C=O) groups excluding carboxylic acids is 3. The van der Waals surface area contributed by atoms with Crippen LogP contribution in [-0.2, 0) is 28.6 Å². The van der Waals surface area contributed by atoms with E-state index in [1.807, 2.05) is 0 Å². The minimum Gasteiger partial charge on any atom is -0.469 e. The van der Waals surface area contributed by atoms with Gasteiger partial charge in [-0.3, -0.25) is 14.4 Å². The summed E-state index contributed by atoms with van der Waals surface area (Å²) < 4.78 is 14.5. The Labute approximate surface area is 117 Å². The lowest BCUT2D eigenvalue weighted by Gasteiger charge is -2.32. The molecule has 2 rings (SSSR count). The topological polar surface area (TPSA) is 78.9 Å². The lowest BCUT2D eigenvalue weighted by molar-refractivity contribution is -0.157. The van der Waals surface area contributed by atoms with Gasteiger partial charge in [0.15, 0.2) is 0 Å². The summed E-state index contributed by atoms with van der Waals surface area (Å²) in [4.78, 5) is 35.3. The van der Waals surface area contributed by atoms with Crippen LogP contribution in [0.1, 0.15) is 6.42 Å². The quantitative estimate of drug-likeness (QED) is 0.302. The fourth-order valence-electron chi connectivity index (χ4n) is 2.68. The van der Waals surface area contributed by atoms with E-state index in [1.165, 1.54) is 14.2 Å². The summed E-state index contributed by atoms with van der Waals surface area (Å²) >= 11 is 2.09. The lowest BCUT2D eigenvalue weighted by atomic mass is 9.72. The van der Waals surface area contributed by atoms with Crippen molar-refractivity contribution >= 4 is 40.5 Å². The van der Waals surface area contributed by atoms with Crippen molar-refractivity contribution in [1.29, 1.82) is 0 Å². The third-order valence-corrected chi connectivity index (χ3v) is 4.73. The van der Waals surface area contributed by atoms with Crippen LogP contribution in [0.25, 0.3) is 0 Å². The zero-order chi connectivity index (χ0) is 13.4. The molecular formula is C11H13IO6. The summed E-state index contributed by atoms with van der Waals surface area (Å²) in [6.07, 6.45) is -0.0293. The van der Waals surface area contributed by atoms with Crippen molar-refractivity contribution in [2.45, 2.75) is 16.4 Å². The van der Waals surface area contributed by atoms with Gasteiger partial charge < -0.3 is 14.2 Å². The van der Waals surface area contributed by atoms with Gasteiger partial charge in [-0.2, -0.15) is 0 Å². The van der Waals surface area contributed by atoms with Crippen molar-refractivity contribution in [3.05, 3.63) is 0 Å². The first-order valence-corrected chi connectivity index (χ1v) is 6.76. The second-order valence-corrected chi connectivity index (χ2v) is 5.96. The Kier molecular flexibility index (Phi) is 3.79. The van der Waals surface area contributed by atoms with Crippen LogP contribution in [0.3, 0.4) is 0 Å². The number of halogens is 1. The van der Waals surface area contributed by atoms with Gasteiger partial charge in [0, 0.05) is 3.92 Å². The summed E-state index contributed by atoms with van der Waals surface area (Å²) in [5, 5.41) is 0. The van der Waals surface area contributed by atoms with E-state index >= 15 is 0 Å². The maximum absolute atomic E-state index is 11.8. The van der Waals surface area contributed by atoms with E-state index in [-0.39, 0.29) is 3.92 Å². The van der Waals surface area contributed by atoms with E-state index in [2.05, 4.69) is 22.6 Å². The van der Waals surface area contributed by atoms with Crippen LogP contribution in [0.15, 0.2) is 0 Å². The number of hydrogen-bond acceptors (Lipinski definition) is 6. The molecule has 1 heterocycles. The van der Waals surface area contributed by atoms with Crippen molar-refractivity contribution in [2.75, 3.05) is 14.2 Å². The van der Waals surface area contributed by atoms with Crippen LogP contribution in [0.2, 0.25) is 0 Å². The van der Waals surface area contributed by atoms with Crippen molar-refractivity contribution in [3.63, 3.8) is 0 Å². The predicted octanol–water partition coefficient (Wildman–Crippen LogP) is 0.314. The number of hydrogen-bond donors (Lipinski definition) is 0. The largest absolute Gasteiger partial charge is 0.469 e. The summed E-state index contributed by atoms with van der Waals surface area (Å²) in [5.41, 5.74) is 0. The Morgan fingerprint density at radius 3 is 2.44 bits per heavy atom. The van der Waals surface area contributed by atoms with E-state index in [0.29, 0.717) is 6.42 Å². The highest BCUT2D eigenvalue weighted by molar-refractivity contribution is 14.1. The molecule has 1 aliphatic carbocycles. The molecule has 7 heteroatoms. The Morgan fingerprint density at radius 2 is 1.89 bits per heavy atom. The van der Waals surface area contributed by atoms with Crippen molar-refractivity contribution in [3.8, 4) is 0 Å². The molecule has 2 aliphatic rings. The third kappa shape index (κ3) is 1.98. The van der Waals surface area contributed by atoms with Gasteiger partial charge in [0.2, 0.25) is 0 Å². The van der Waals surface area contributed by atoms with Crippen LogP contribution in [0.4, 0.5) is 0 Å². The molecule has 0 unspecified atom stereocenters. The van der Waals surface area contributed by atoms with Crippen molar-refractivity contribution < 1.29 is 28.6 Å². The SMILES string of the molecule is COC(=O)[C@H]1[C@@H]2OC(=O)[C@@H]1[C@@H](C(=O)OC)C[C@@H]2I. The normalized spacial score (nSPS) is 37.9. The van der Waals surface area contributed by atoms with Crippen LogP contribution in [0.5, 0.6) is 0 Å². The van der Waals surface area contributed by atoms with E-state index < -0.39 is 41.8 Å². The molecule has 5 atom stereocenters. The predicted molar refractivity (Wildman–Crippen MR) is 66.8 cm³/mol. The Balaban J connectivity index is 2.35. The smallest absolute Gasteiger partial charge is 0.313 e. The number of esters is 3. The average molecular weight is 368 g/mol. The second kappa shape index (κ2) is 5.02. The van der Waals surface area contributed by atoms with E-state index in [9.17, 15) is 14.4 Å². The number of alkyl halides is 1. The average Bonchev–Trinajstić information content (AvgIpc) is 2.65. The Morgan fingerprint density at radius 1 is 1.28 bits per heavy atom. The first-order chi connectivity index (χ1) is 8.51. The lowest BCUT2D eigenvalue weighted by Crippen LogP contribution is -2.46. The highest BCUT2D eigenvalue weighted by Crippen LogP contribution is 2.46. The Hall–Kier alpha value is -0.860. The third-order valence-electron chi connectivity index (χ3n) is 3.51. The minimum atomic E-state index is -0.777. The first-order valence-electron chi connectivity index (χ1n) is 5.51. The fraction of sp³-hybridized carbons (Fsp3) is 0.727. The number of ether oxygens (including phenoxy) is 3. The summed E-state index contributed by atoms with van der Waals surface area (Å²) in [7, 11) is 2.53. The van der Waals surface area contributed by atoms with Gasteiger partial charge in [-0.15, -0.1) is 0 Å². The molecule has 2 fully saturated rings. The van der Waals surface area contributed by atoms with E-state index in [4.69, 9.17) is 14.2 Å². The minimum absolute atomic E-state index is 0.0986. The number of methoxy groups -OCH3 is 2. The number of carbonyl (C=O) groups is 3. The molecule has 18 heavy (non-hydrogen) atoms. The first kappa shape index (κ1) is 13.6. The summed E-state index contributed by atoms with van der Waals surface area (Å²) in [6, 6.07) is 0. The van der Waals surface area contributed by atoms with Crippen LogP contribution < -0.4 is 0 Å². The van der Waals surface area contributed by atoms with Crippen LogP contribution >= 0.6 is 22.6 Å². The molecular weight excluding hydrogens is 355 g/mol. The van der Waals surface area contributed by atoms with Gasteiger partial charge in [0.25, 0.3) is 0 Å². The molecule has 6 nitrogen and oxygen atoms in total. The highest BCUT2D eigenvalue weighted by atomic mass is 127. The van der Waals surface area contributed by atoms with E-state index in [1.54, 1.807) is 0 Å². The zero-order valence-electron chi connectivity index (χ0n) is 9.92. The highest BCUT2D eigenvalue weighted by Gasteiger charge is 2.60. The van der Waals surface area contributed by atoms with Gasteiger partial charge in [0.1, 0.15) is 12.0 Å². The standard InChI is InChI=1S/C11H13IO6/c1-16-9(13)4-3-5(12)8-7(10(14)17-2)6(4)11(15)18-8/h4-8H,3H2,1-2H3/t4-,5-,6+,7+,8+/m0/s1. The number of rotatable bonds is 2. The zero-order valence-corrected chi connectivity index (χ0v) is 12.1. The fourth-order valence-corrected chi connectivity index (χ4v) is 3.83. The maximum atomic E-state index is 11.8. The molecule has 2 bridgehead atoms. The molecule has 100 valence electrons. The molecule has 1 saturated heterocycles. The number of fused-ring (bicyclic) bond motifs is 2. The van der Waals surface area contributed by atoms with Gasteiger partial charge in [-0.05, 0) is 6.42 Å². The molecule has 0 amide bonds. The Bertz CT molecular complexity index is 395. The van der Waals surface area contributed by atoms with Crippen molar-refractivity contribution in [1.82, 2.24) is 0 Å². The molecule has 1 aliphatic heterocycles. The summed E-state index contributed by atoms with van der Waals surface area (Å²) in [6.45, 7) is 0. The summed E-state index contributed by atoms with van der Waals surface area (Å²) in [5.74, 6) is -3.61. The molecule has 0 N–H and O–H groups in total. The van der Waals surface area contributed by atoms with Crippen molar-refractivity contribution in [2.24, 2.45) is 17.8 Å². The van der Waals surface area contributed by atoms with Gasteiger partial charge >= 0.3 is 17.9 Å².